The molecule has 2 aromatic heterocycles. The van der Waals surface area contributed by atoms with Gasteiger partial charge in [-0.2, -0.15) is 0 Å². The fraction of sp³-hybridized carbons (Fsp3) is 0.450. The molecular formula is C20H26N4O. The quantitative estimate of drug-likeness (QED) is 0.775. The number of carbonyl (C=O) groups excluding carboxylic acids is 1. The number of anilines is 1. The minimum absolute atomic E-state index is 0.0537. The van der Waals surface area contributed by atoms with Crippen molar-refractivity contribution < 1.29 is 4.79 Å². The van der Waals surface area contributed by atoms with Crippen LogP contribution in [-0.2, 0) is 6.54 Å². The molecule has 0 saturated heterocycles. The molecule has 1 aliphatic rings. The van der Waals surface area contributed by atoms with E-state index in [-0.39, 0.29) is 5.91 Å². The van der Waals surface area contributed by atoms with Crippen molar-refractivity contribution in [2.24, 2.45) is 0 Å². The van der Waals surface area contributed by atoms with Gasteiger partial charge < -0.3 is 9.80 Å². The molecule has 0 unspecified atom stereocenters. The molecule has 0 atom stereocenters. The van der Waals surface area contributed by atoms with Crippen LogP contribution in [0, 0.1) is 0 Å². The van der Waals surface area contributed by atoms with E-state index in [1.54, 1.807) is 12.4 Å². The van der Waals surface area contributed by atoms with E-state index in [9.17, 15) is 4.79 Å². The van der Waals surface area contributed by atoms with Crippen LogP contribution in [0.1, 0.15) is 49.5 Å². The summed E-state index contributed by atoms with van der Waals surface area (Å²) in [4.78, 5) is 25.8. The van der Waals surface area contributed by atoms with E-state index in [4.69, 9.17) is 0 Å². The number of hydrogen-bond acceptors (Lipinski definition) is 4. The molecule has 0 radical (unpaired) electrons. The minimum atomic E-state index is 0.0537. The van der Waals surface area contributed by atoms with E-state index < -0.39 is 0 Å². The summed E-state index contributed by atoms with van der Waals surface area (Å²) in [5.74, 6) is 0.970. The third kappa shape index (κ3) is 4.16. The van der Waals surface area contributed by atoms with Crippen molar-refractivity contribution in [1.82, 2.24) is 14.9 Å². The van der Waals surface area contributed by atoms with Crippen LogP contribution in [0.4, 0.5) is 5.82 Å². The van der Waals surface area contributed by atoms with Gasteiger partial charge in [0.1, 0.15) is 5.82 Å². The minimum Gasteiger partial charge on any atom is -0.354 e. The molecule has 5 nitrogen and oxygen atoms in total. The zero-order valence-corrected chi connectivity index (χ0v) is 15.2. The van der Waals surface area contributed by atoms with E-state index in [0.717, 1.165) is 30.8 Å². The maximum absolute atomic E-state index is 13.0. The van der Waals surface area contributed by atoms with E-state index in [2.05, 4.69) is 35.6 Å². The van der Waals surface area contributed by atoms with Crippen LogP contribution in [0.3, 0.4) is 0 Å². The van der Waals surface area contributed by atoms with Crippen LogP contribution in [0.15, 0.2) is 42.9 Å². The smallest absolute Gasteiger partial charge is 0.255 e. The number of nitrogens with zero attached hydrogens (tertiary/aromatic N) is 4. The highest BCUT2D eigenvalue weighted by molar-refractivity contribution is 5.94. The first kappa shape index (κ1) is 17.4. The Balaban J connectivity index is 1.76. The predicted molar refractivity (Wildman–Crippen MR) is 99.5 cm³/mol. The lowest BCUT2D eigenvalue weighted by molar-refractivity contribution is 0.0729. The van der Waals surface area contributed by atoms with Crippen LogP contribution in [-0.4, -0.2) is 39.4 Å². The first-order valence-corrected chi connectivity index (χ1v) is 9.02. The maximum atomic E-state index is 13.0. The zero-order chi connectivity index (χ0) is 17.8. The first-order valence-electron chi connectivity index (χ1n) is 9.02. The Morgan fingerprint density at radius 2 is 2.04 bits per heavy atom. The first-order chi connectivity index (χ1) is 12.1. The number of pyridine rings is 2. The number of hydrogen-bond donors (Lipinski definition) is 0. The standard InChI is InChI=1S/C20H26N4O/c1-4-23(15(2)3)19-10-7-17(13-22-19)20(25)24(18-8-9-18)14-16-6-5-11-21-12-16/h5-7,10-13,15,18H,4,8-9,14H2,1-3H3. The molecule has 3 rings (SSSR count). The Morgan fingerprint density at radius 1 is 1.24 bits per heavy atom. The van der Waals surface area contributed by atoms with Gasteiger partial charge in [-0.1, -0.05) is 6.07 Å². The van der Waals surface area contributed by atoms with Gasteiger partial charge in [0.2, 0.25) is 0 Å². The summed E-state index contributed by atoms with van der Waals surface area (Å²) in [5, 5.41) is 0. The van der Waals surface area contributed by atoms with E-state index in [1.807, 2.05) is 35.4 Å². The highest BCUT2D eigenvalue weighted by Gasteiger charge is 2.33. The van der Waals surface area contributed by atoms with Gasteiger partial charge in [0.25, 0.3) is 5.91 Å². The van der Waals surface area contributed by atoms with Gasteiger partial charge in [-0.05, 0) is 57.4 Å². The number of carbonyl (C=O) groups is 1. The molecule has 132 valence electrons. The third-order valence-electron chi connectivity index (χ3n) is 4.58. The molecule has 0 bridgehead atoms. The van der Waals surface area contributed by atoms with Gasteiger partial charge in [-0.3, -0.25) is 9.78 Å². The third-order valence-corrected chi connectivity index (χ3v) is 4.58. The normalized spacial score (nSPS) is 13.8. The molecule has 5 heteroatoms. The molecule has 0 aliphatic heterocycles. The predicted octanol–water partition coefficient (Wildman–Crippen LogP) is 3.52. The lowest BCUT2D eigenvalue weighted by Crippen LogP contribution is -2.33. The molecule has 1 aliphatic carbocycles. The van der Waals surface area contributed by atoms with Crippen molar-refractivity contribution in [3.05, 3.63) is 54.0 Å². The fourth-order valence-electron chi connectivity index (χ4n) is 3.08. The lowest BCUT2D eigenvalue weighted by atomic mass is 10.2. The largest absolute Gasteiger partial charge is 0.354 e. The monoisotopic (exact) mass is 338 g/mol. The molecule has 2 heterocycles. The van der Waals surface area contributed by atoms with Crippen LogP contribution in [0.2, 0.25) is 0 Å². The van der Waals surface area contributed by atoms with Gasteiger partial charge in [-0.25, -0.2) is 4.98 Å². The SMILES string of the molecule is CCN(c1ccc(C(=O)N(Cc2cccnc2)C2CC2)cn1)C(C)C. The fourth-order valence-corrected chi connectivity index (χ4v) is 3.08. The molecular weight excluding hydrogens is 312 g/mol. The summed E-state index contributed by atoms with van der Waals surface area (Å²) in [6.45, 7) is 7.91. The van der Waals surface area contributed by atoms with Crippen molar-refractivity contribution in [3.63, 3.8) is 0 Å². The summed E-state index contributed by atoms with van der Waals surface area (Å²) in [7, 11) is 0. The second-order valence-corrected chi connectivity index (χ2v) is 6.81. The average Bonchev–Trinajstić information content (AvgIpc) is 3.46. The molecule has 1 amide bonds. The Bertz CT molecular complexity index is 695. The lowest BCUT2D eigenvalue weighted by Gasteiger charge is -2.27. The van der Waals surface area contributed by atoms with Crippen molar-refractivity contribution in [2.75, 3.05) is 11.4 Å². The van der Waals surface area contributed by atoms with Crippen molar-refractivity contribution >= 4 is 11.7 Å². The van der Waals surface area contributed by atoms with Crippen LogP contribution in [0.25, 0.3) is 0 Å². The highest BCUT2D eigenvalue weighted by atomic mass is 16.2. The maximum Gasteiger partial charge on any atom is 0.255 e. The van der Waals surface area contributed by atoms with E-state index in [0.29, 0.717) is 24.2 Å². The number of amides is 1. The number of aromatic nitrogens is 2. The van der Waals surface area contributed by atoms with Gasteiger partial charge in [0, 0.05) is 43.8 Å². The van der Waals surface area contributed by atoms with Crippen LogP contribution in [0.5, 0.6) is 0 Å². The molecule has 25 heavy (non-hydrogen) atoms. The Kier molecular flexibility index (Phi) is 5.31. The summed E-state index contributed by atoms with van der Waals surface area (Å²) >= 11 is 0. The molecule has 0 spiro atoms. The second-order valence-electron chi connectivity index (χ2n) is 6.81. The van der Waals surface area contributed by atoms with Gasteiger partial charge in [0.05, 0.1) is 5.56 Å². The molecule has 0 aromatic carbocycles. The van der Waals surface area contributed by atoms with E-state index in [1.165, 1.54) is 0 Å². The van der Waals surface area contributed by atoms with E-state index >= 15 is 0 Å². The Hall–Kier alpha value is -2.43. The average molecular weight is 338 g/mol. The van der Waals surface area contributed by atoms with Gasteiger partial charge in [0.15, 0.2) is 0 Å². The summed E-state index contributed by atoms with van der Waals surface area (Å²) in [6, 6.07) is 8.49. The Morgan fingerprint density at radius 3 is 2.56 bits per heavy atom. The van der Waals surface area contributed by atoms with Crippen LogP contribution < -0.4 is 4.90 Å². The van der Waals surface area contributed by atoms with Crippen molar-refractivity contribution in [2.45, 2.75) is 52.2 Å². The number of rotatable bonds is 7. The molecule has 1 fully saturated rings. The molecule has 1 saturated carbocycles. The van der Waals surface area contributed by atoms with Crippen molar-refractivity contribution in [3.8, 4) is 0 Å². The summed E-state index contributed by atoms with van der Waals surface area (Å²) in [6.07, 6.45) is 7.44. The molecule has 2 aromatic rings. The van der Waals surface area contributed by atoms with Gasteiger partial charge in [-0.15, -0.1) is 0 Å². The molecule has 0 N–H and O–H groups in total. The Labute approximate surface area is 149 Å². The topological polar surface area (TPSA) is 49.3 Å². The van der Waals surface area contributed by atoms with Crippen LogP contribution >= 0.6 is 0 Å². The zero-order valence-electron chi connectivity index (χ0n) is 15.2. The van der Waals surface area contributed by atoms with Crippen molar-refractivity contribution in [1.29, 1.82) is 0 Å². The van der Waals surface area contributed by atoms with Gasteiger partial charge >= 0.3 is 0 Å². The second kappa shape index (κ2) is 7.64. The summed E-state index contributed by atoms with van der Waals surface area (Å²) < 4.78 is 0. The summed E-state index contributed by atoms with van der Waals surface area (Å²) in [5.41, 5.74) is 1.71. The highest BCUT2D eigenvalue weighted by Crippen LogP contribution is 2.30.